The molecule has 6 N–H and O–H groups in total. The van der Waals surface area contributed by atoms with Crippen molar-refractivity contribution in [3.05, 3.63) is 89.3 Å². The molecule has 49 heavy (non-hydrogen) atoms. The Morgan fingerprint density at radius 3 is 2.12 bits per heavy atom. The molecule has 266 valence electrons. The number of hydrogen-bond acceptors (Lipinski definition) is 11. The van der Waals surface area contributed by atoms with E-state index in [1.165, 1.54) is 0 Å². The molecule has 16 nitrogen and oxygen atoms in total. The number of carboxylic acid groups (broad SMARTS) is 1. The number of alkyl halides is 3. The number of aliphatic carboxylic acids is 1. The van der Waals surface area contributed by atoms with Crippen molar-refractivity contribution in [2.45, 2.75) is 6.18 Å². The number of nitrogens with one attached hydrogen (secondary N) is 2. The summed E-state index contributed by atoms with van der Waals surface area (Å²) >= 11 is 12.0. The zero-order valence-electron chi connectivity index (χ0n) is 24.1. The van der Waals surface area contributed by atoms with Crippen LogP contribution in [0.15, 0.2) is 57.5 Å². The summed E-state index contributed by atoms with van der Waals surface area (Å²) in [5.74, 6) is -2.71. The maximum atomic E-state index is 12.7. The highest BCUT2D eigenvalue weighted by Crippen LogP contribution is 2.37. The number of nitrogens with zero attached hydrogens (tertiary/aromatic N) is 2. The first-order valence-corrected chi connectivity index (χ1v) is 17.9. The number of nitriles is 1. The summed E-state index contributed by atoms with van der Waals surface area (Å²) in [6, 6.07) is 10.2. The molecule has 3 rings (SSSR count). The van der Waals surface area contributed by atoms with Crippen molar-refractivity contribution < 1.29 is 65.4 Å². The minimum absolute atomic E-state index is 0.115. The van der Waals surface area contributed by atoms with E-state index in [0.29, 0.717) is 32.9 Å². The van der Waals surface area contributed by atoms with Crippen LogP contribution in [-0.4, -0.2) is 64.3 Å². The molecule has 1 amide bonds. The second kappa shape index (κ2) is 18.3. The van der Waals surface area contributed by atoms with Crippen molar-refractivity contribution in [1.29, 1.82) is 5.26 Å². The Labute approximate surface area is 296 Å². The first kappa shape index (κ1) is 43.2. The average molecular weight is 885 g/mol. The number of amides is 1. The third-order valence-electron chi connectivity index (χ3n) is 4.91. The number of ether oxygens (including phenoxy) is 1. The lowest BCUT2D eigenvalue weighted by atomic mass is 10.1. The van der Waals surface area contributed by atoms with Crippen LogP contribution >= 0.6 is 51.1 Å². The highest BCUT2D eigenvalue weighted by atomic mass is 79.9. The predicted octanol–water partition coefficient (Wildman–Crippen LogP) is 5.33. The molecule has 0 saturated heterocycles. The van der Waals surface area contributed by atoms with E-state index in [9.17, 15) is 51.0 Å². The Hall–Kier alpha value is -3.81. The number of carboxylic acids is 1. The lowest BCUT2D eigenvalue weighted by Crippen LogP contribution is -2.29. The first-order valence-electron chi connectivity index (χ1n) is 12.2. The van der Waals surface area contributed by atoms with Gasteiger partial charge in [-0.3, -0.25) is 29.6 Å². The van der Waals surface area contributed by atoms with Gasteiger partial charge in [-0.1, -0.05) is 11.6 Å². The molecule has 0 spiro atoms. The number of halogens is 6. The van der Waals surface area contributed by atoms with Crippen LogP contribution in [0.3, 0.4) is 0 Å². The smallest absolute Gasteiger partial charge is 0.416 e. The van der Waals surface area contributed by atoms with Crippen molar-refractivity contribution in [2.24, 2.45) is 0 Å². The number of benzene rings is 3. The number of hydrogen-bond donors (Lipinski definition) is 6. The van der Waals surface area contributed by atoms with Gasteiger partial charge in [-0.15, -0.1) is 0 Å². The molecule has 0 heterocycles. The fourth-order valence-electron chi connectivity index (χ4n) is 2.97. The third kappa shape index (κ3) is 16.0. The first-order chi connectivity index (χ1) is 22.3. The molecule has 24 heteroatoms. The quantitative estimate of drug-likeness (QED) is 0.0901. The molecule has 0 aromatic heterocycles. The van der Waals surface area contributed by atoms with E-state index >= 15 is 0 Å². The number of sulfonamides is 1. The predicted molar refractivity (Wildman–Crippen MR) is 173 cm³/mol. The van der Waals surface area contributed by atoms with Crippen molar-refractivity contribution in [3.63, 3.8) is 0 Å². The number of nitro groups is 1. The Bertz CT molecular complexity index is 1900. The summed E-state index contributed by atoms with van der Waals surface area (Å²) in [6.45, 7) is -0.439. The van der Waals surface area contributed by atoms with Crippen LogP contribution in [0, 0.1) is 21.4 Å². The van der Waals surface area contributed by atoms with E-state index in [0.717, 1.165) is 24.3 Å². The van der Waals surface area contributed by atoms with Crippen molar-refractivity contribution in [2.75, 3.05) is 19.1 Å². The molecule has 3 aromatic rings. The molecular formula is C25H21Br2ClF3N4O12PS. The maximum absolute atomic E-state index is 12.7. The minimum Gasteiger partial charge on any atom is -0.506 e. The van der Waals surface area contributed by atoms with Crippen LogP contribution in [0.25, 0.3) is 0 Å². The van der Waals surface area contributed by atoms with Gasteiger partial charge in [0.15, 0.2) is 0 Å². The Morgan fingerprint density at radius 1 is 1.12 bits per heavy atom. The van der Waals surface area contributed by atoms with E-state index in [4.69, 9.17) is 36.5 Å². The number of phenols is 1. The molecule has 0 atom stereocenters. The van der Waals surface area contributed by atoms with Gasteiger partial charge < -0.3 is 24.7 Å². The molecule has 0 radical (unpaired) electrons. The van der Waals surface area contributed by atoms with E-state index in [1.807, 2.05) is 6.07 Å². The molecule has 3 aromatic carbocycles. The van der Waals surface area contributed by atoms with Crippen LogP contribution in [0.1, 0.15) is 21.5 Å². The molecule has 0 fully saturated rings. The summed E-state index contributed by atoms with van der Waals surface area (Å²) in [7, 11) is -8.10. The zero-order chi connectivity index (χ0) is 37.9. The van der Waals surface area contributed by atoms with Gasteiger partial charge in [-0.05, 0) is 68.3 Å². The zero-order valence-corrected chi connectivity index (χ0v) is 29.7. The van der Waals surface area contributed by atoms with Crippen molar-refractivity contribution in [3.8, 4) is 23.3 Å². The van der Waals surface area contributed by atoms with Gasteiger partial charge in [0.1, 0.15) is 22.8 Å². The molecular weight excluding hydrogens is 864 g/mol. The Kier molecular flexibility index (Phi) is 16.1. The topological polar surface area (TPSA) is 266 Å². The summed E-state index contributed by atoms with van der Waals surface area (Å²) in [6.07, 6.45) is -4.54. The molecule has 0 bridgehead atoms. The van der Waals surface area contributed by atoms with E-state index in [2.05, 4.69) is 37.2 Å². The molecule has 0 saturated carbocycles. The van der Waals surface area contributed by atoms with Crippen LogP contribution in [0.5, 0.6) is 17.2 Å². The van der Waals surface area contributed by atoms with E-state index in [1.54, 1.807) is 16.9 Å². The van der Waals surface area contributed by atoms with E-state index < -0.39 is 75.3 Å². The molecule has 0 unspecified atom stereocenters. The van der Waals surface area contributed by atoms with Crippen molar-refractivity contribution >= 4 is 78.6 Å². The minimum atomic E-state index is -4.62. The standard InChI is InChI=1S/C15H10ClF3N2O6S.C7H3Br2NO.C3H8NO5P/c1-28(25,26)20-14(22)10-7-9(3-4-12(10)21(23)24)27-13-5-2-8(6-11(13)16)15(17,18)19;8-5-1-4(3-10)2-6(9)7(5)11;5-3(6)1-4-2-10(7,8)9/h2-7H,1H3,(H,20,22);1-2,11H;4H,1-2H2,(H,5,6)(H2,7,8,9). The highest BCUT2D eigenvalue weighted by Gasteiger charge is 2.31. The largest absolute Gasteiger partial charge is 0.506 e. The van der Waals surface area contributed by atoms with Gasteiger partial charge in [0, 0.05) is 12.1 Å². The van der Waals surface area contributed by atoms with Gasteiger partial charge in [0.25, 0.3) is 11.6 Å². The van der Waals surface area contributed by atoms with Crippen molar-refractivity contribution in [1.82, 2.24) is 10.0 Å². The lowest BCUT2D eigenvalue weighted by Gasteiger charge is -2.12. The molecule has 0 aliphatic carbocycles. The summed E-state index contributed by atoms with van der Waals surface area (Å²) in [5, 5.41) is 38.4. The lowest BCUT2D eigenvalue weighted by molar-refractivity contribution is -0.385. The summed E-state index contributed by atoms with van der Waals surface area (Å²) in [4.78, 5) is 48.3. The SMILES string of the molecule is CS(=O)(=O)NC(=O)c1cc(Oc2ccc(C(F)(F)F)cc2Cl)ccc1[N+](=O)[O-].N#Cc1cc(Br)c(O)c(Br)c1.O=C(O)CNCP(=O)(O)O. The van der Waals surface area contributed by atoms with Gasteiger partial charge in [0.2, 0.25) is 10.0 Å². The number of phenolic OH excluding ortho intramolecular Hbond substituents is 1. The van der Waals surface area contributed by atoms with Crippen LogP contribution < -0.4 is 14.8 Å². The monoisotopic (exact) mass is 882 g/mol. The van der Waals surface area contributed by atoms with Gasteiger partial charge in [-0.2, -0.15) is 18.4 Å². The number of carbonyl (C=O) groups is 2. The summed E-state index contributed by atoms with van der Waals surface area (Å²) in [5.41, 5.74) is -1.84. The van der Waals surface area contributed by atoms with Crippen LogP contribution in [0.2, 0.25) is 5.02 Å². The van der Waals surface area contributed by atoms with Gasteiger partial charge in [-0.25, -0.2) is 13.1 Å². The Morgan fingerprint density at radius 2 is 1.69 bits per heavy atom. The highest BCUT2D eigenvalue weighted by molar-refractivity contribution is 9.11. The maximum Gasteiger partial charge on any atom is 0.416 e. The van der Waals surface area contributed by atoms with Crippen LogP contribution in [-0.2, 0) is 25.6 Å². The van der Waals surface area contributed by atoms with Crippen LogP contribution in [0.4, 0.5) is 18.9 Å². The number of aromatic hydroxyl groups is 1. The van der Waals surface area contributed by atoms with Gasteiger partial charge in [0.05, 0.1) is 55.2 Å². The second-order valence-corrected chi connectivity index (χ2v) is 14.4. The second-order valence-electron chi connectivity index (χ2n) is 8.93. The van der Waals surface area contributed by atoms with Gasteiger partial charge >= 0.3 is 19.7 Å². The number of carbonyl (C=O) groups excluding carboxylic acids is 1. The summed E-state index contributed by atoms with van der Waals surface area (Å²) < 4.78 is 78.3. The fourth-order valence-corrected chi connectivity index (χ4v) is 5.22. The fraction of sp³-hybridized carbons (Fsp3) is 0.160. The third-order valence-corrected chi connectivity index (χ3v) is 7.61. The number of nitro benzene ring substituents is 1. The average Bonchev–Trinajstić information content (AvgIpc) is 2.95. The molecule has 0 aliphatic rings. The number of rotatable bonds is 9. The molecule has 0 aliphatic heterocycles. The Balaban J connectivity index is 0.000000466. The normalized spacial score (nSPS) is 11.1. The van der Waals surface area contributed by atoms with E-state index in [-0.39, 0.29) is 17.2 Å².